The molecule has 0 unspecified atom stereocenters. The largest absolute Gasteiger partial charge is 0.395 e. The fraction of sp³-hybridized carbons (Fsp3) is 0.500. The van der Waals surface area contributed by atoms with E-state index >= 15 is 0 Å². The van der Waals surface area contributed by atoms with Crippen molar-refractivity contribution in [3.8, 4) is 0 Å². The molecule has 0 spiro atoms. The quantitative estimate of drug-likeness (QED) is 0.754. The average Bonchev–Trinajstić information content (AvgIpc) is 2.70. The van der Waals surface area contributed by atoms with Crippen LogP contribution in [0.15, 0.2) is 17.2 Å². The van der Waals surface area contributed by atoms with Crippen LogP contribution in [0.3, 0.4) is 0 Å². The van der Waals surface area contributed by atoms with Crippen LogP contribution in [-0.4, -0.2) is 40.9 Å². The van der Waals surface area contributed by atoms with E-state index in [9.17, 15) is 4.79 Å². The van der Waals surface area contributed by atoms with E-state index in [4.69, 9.17) is 9.63 Å². The van der Waals surface area contributed by atoms with Crippen molar-refractivity contribution in [2.24, 2.45) is 0 Å². The van der Waals surface area contributed by atoms with Crippen LogP contribution in [0.1, 0.15) is 18.4 Å². The predicted octanol–water partition coefficient (Wildman–Crippen LogP) is 1.56. The Labute approximate surface area is 106 Å². The number of hydrogen-bond acceptors (Lipinski definition) is 4. The van der Waals surface area contributed by atoms with Gasteiger partial charge in [-0.15, -0.1) is 6.58 Å². The first kappa shape index (κ1) is 14.2. The number of aromatic nitrogens is 1. The van der Waals surface area contributed by atoms with Gasteiger partial charge < -0.3 is 19.8 Å². The molecule has 1 rings (SSSR count). The lowest BCUT2D eigenvalue weighted by molar-refractivity contribution is 0.195. The van der Waals surface area contributed by atoms with Crippen molar-refractivity contribution < 1.29 is 14.4 Å². The van der Waals surface area contributed by atoms with Gasteiger partial charge in [0.2, 0.25) is 0 Å². The number of amides is 2. The number of hydrogen-bond donors (Lipinski definition) is 2. The second-order valence-corrected chi connectivity index (χ2v) is 3.81. The predicted molar refractivity (Wildman–Crippen MR) is 68.5 cm³/mol. The van der Waals surface area contributed by atoms with Gasteiger partial charge in [-0.05, 0) is 6.92 Å². The molecule has 1 aromatic rings. The Morgan fingerprint density at radius 3 is 2.94 bits per heavy atom. The second kappa shape index (κ2) is 6.80. The molecule has 0 radical (unpaired) electrons. The van der Waals surface area contributed by atoms with Gasteiger partial charge in [-0.1, -0.05) is 18.2 Å². The number of aliphatic hydroxyl groups excluding tert-OH is 1. The maximum Gasteiger partial charge on any atom is 0.322 e. The highest BCUT2D eigenvalue weighted by molar-refractivity contribution is 5.90. The molecule has 0 aromatic carbocycles. The number of urea groups is 1. The van der Waals surface area contributed by atoms with Crippen LogP contribution >= 0.6 is 0 Å². The molecule has 1 aromatic heterocycles. The van der Waals surface area contributed by atoms with Crippen LogP contribution in [0, 0.1) is 6.92 Å². The van der Waals surface area contributed by atoms with Crippen LogP contribution < -0.4 is 5.32 Å². The van der Waals surface area contributed by atoms with Gasteiger partial charge in [0.1, 0.15) is 11.4 Å². The fourth-order valence-electron chi connectivity index (χ4n) is 1.56. The minimum atomic E-state index is -0.301. The monoisotopic (exact) mass is 253 g/mol. The lowest BCUT2D eigenvalue weighted by Crippen LogP contribution is -2.37. The SMILES string of the molecule is C=CCN(CCO)C(=O)Nc1c(C)noc1CC. The molecule has 0 saturated carbocycles. The third kappa shape index (κ3) is 3.33. The fourth-order valence-corrected chi connectivity index (χ4v) is 1.56. The molecule has 2 amide bonds. The summed E-state index contributed by atoms with van der Waals surface area (Å²) in [4.78, 5) is 13.5. The zero-order valence-corrected chi connectivity index (χ0v) is 10.8. The molecular weight excluding hydrogens is 234 g/mol. The maximum absolute atomic E-state index is 12.0. The lowest BCUT2D eigenvalue weighted by Gasteiger charge is -2.20. The van der Waals surface area contributed by atoms with Crippen LogP contribution in [-0.2, 0) is 6.42 Å². The van der Waals surface area contributed by atoms with E-state index in [1.807, 2.05) is 6.92 Å². The topological polar surface area (TPSA) is 78.6 Å². The Morgan fingerprint density at radius 1 is 1.67 bits per heavy atom. The molecule has 0 fully saturated rings. The Bertz CT molecular complexity index is 415. The first-order chi connectivity index (χ1) is 8.63. The molecule has 0 bridgehead atoms. The van der Waals surface area contributed by atoms with E-state index in [0.29, 0.717) is 30.1 Å². The summed E-state index contributed by atoms with van der Waals surface area (Å²) >= 11 is 0. The number of nitrogens with one attached hydrogen (secondary N) is 1. The minimum absolute atomic E-state index is 0.0927. The highest BCUT2D eigenvalue weighted by Gasteiger charge is 2.17. The van der Waals surface area contributed by atoms with Crippen molar-refractivity contribution in [3.63, 3.8) is 0 Å². The molecular formula is C12H19N3O3. The Hall–Kier alpha value is -1.82. The summed E-state index contributed by atoms with van der Waals surface area (Å²) in [6.07, 6.45) is 2.26. The van der Waals surface area contributed by atoms with Gasteiger partial charge in [0, 0.05) is 19.5 Å². The molecule has 0 saturated heterocycles. The van der Waals surface area contributed by atoms with E-state index in [2.05, 4.69) is 17.1 Å². The number of anilines is 1. The molecule has 6 nitrogen and oxygen atoms in total. The molecule has 0 aliphatic rings. The second-order valence-electron chi connectivity index (χ2n) is 3.81. The van der Waals surface area contributed by atoms with E-state index < -0.39 is 0 Å². The summed E-state index contributed by atoms with van der Waals surface area (Å²) in [5.41, 5.74) is 1.25. The molecule has 2 N–H and O–H groups in total. The zero-order chi connectivity index (χ0) is 13.5. The van der Waals surface area contributed by atoms with Crippen LogP contribution in [0.2, 0.25) is 0 Å². The van der Waals surface area contributed by atoms with Gasteiger partial charge in [-0.3, -0.25) is 0 Å². The highest BCUT2D eigenvalue weighted by atomic mass is 16.5. The molecule has 18 heavy (non-hydrogen) atoms. The number of carbonyl (C=O) groups is 1. The molecule has 6 heteroatoms. The smallest absolute Gasteiger partial charge is 0.322 e. The summed E-state index contributed by atoms with van der Waals surface area (Å²) in [6, 6.07) is -0.301. The van der Waals surface area contributed by atoms with Crippen LogP contribution in [0.5, 0.6) is 0 Å². The van der Waals surface area contributed by atoms with Gasteiger partial charge in [0.25, 0.3) is 0 Å². The van der Waals surface area contributed by atoms with Crippen molar-refractivity contribution in [1.29, 1.82) is 0 Å². The number of carbonyl (C=O) groups excluding carboxylic acids is 1. The summed E-state index contributed by atoms with van der Waals surface area (Å²) in [5, 5.41) is 15.5. The summed E-state index contributed by atoms with van der Waals surface area (Å²) in [6.45, 7) is 7.80. The lowest BCUT2D eigenvalue weighted by atomic mass is 10.2. The van der Waals surface area contributed by atoms with Gasteiger partial charge in [-0.25, -0.2) is 4.79 Å². The van der Waals surface area contributed by atoms with Gasteiger partial charge in [0.15, 0.2) is 5.76 Å². The molecule has 0 atom stereocenters. The molecule has 1 heterocycles. The van der Waals surface area contributed by atoms with E-state index in [1.165, 1.54) is 4.90 Å². The molecule has 100 valence electrons. The zero-order valence-electron chi connectivity index (χ0n) is 10.8. The molecule has 0 aliphatic carbocycles. The third-order valence-corrected chi connectivity index (χ3v) is 2.49. The minimum Gasteiger partial charge on any atom is -0.395 e. The van der Waals surface area contributed by atoms with E-state index in [0.717, 1.165) is 0 Å². The van der Waals surface area contributed by atoms with Crippen LogP contribution in [0.4, 0.5) is 10.5 Å². The van der Waals surface area contributed by atoms with E-state index in [-0.39, 0.29) is 19.2 Å². The van der Waals surface area contributed by atoms with Crippen molar-refractivity contribution in [1.82, 2.24) is 10.1 Å². The number of rotatable bonds is 6. The Morgan fingerprint density at radius 2 is 2.39 bits per heavy atom. The van der Waals surface area contributed by atoms with Crippen molar-refractivity contribution in [2.45, 2.75) is 20.3 Å². The number of aryl methyl sites for hydroxylation is 2. The third-order valence-electron chi connectivity index (χ3n) is 2.49. The van der Waals surface area contributed by atoms with Gasteiger partial charge >= 0.3 is 6.03 Å². The maximum atomic E-state index is 12.0. The van der Waals surface area contributed by atoms with Crippen molar-refractivity contribution in [3.05, 3.63) is 24.1 Å². The Kier molecular flexibility index (Phi) is 5.38. The highest BCUT2D eigenvalue weighted by Crippen LogP contribution is 2.20. The van der Waals surface area contributed by atoms with Crippen molar-refractivity contribution >= 4 is 11.7 Å². The molecule has 0 aliphatic heterocycles. The van der Waals surface area contributed by atoms with E-state index in [1.54, 1.807) is 13.0 Å². The normalized spacial score (nSPS) is 10.2. The van der Waals surface area contributed by atoms with Crippen LogP contribution in [0.25, 0.3) is 0 Å². The summed E-state index contributed by atoms with van der Waals surface area (Å²) < 4.78 is 5.09. The number of aliphatic hydroxyl groups is 1. The first-order valence-corrected chi connectivity index (χ1v) is 5.86. The van der Waals surface area contributed by atoms with Crippen molar-refractivity contribution in [2.75, 3.05) is 25.0 Å². The standard InChI is InChI=1S/C12H19N3O3/c1-4-6-15(7-8-16)12(17)13-11-9(3)14-18-10(11)5-2/h4,16H,1,5-8H2,2-3H3,(H,13,17). The van der Waals surface area contributed by atoms with Gasteiger partial charge in [-0.2, -0.15) is 0 Å². The summed E-state index contributed by atoms with van der Waals surface area (Å²) in [5.74, 6) is 0.642. The van der Waals surface area contributed by atoms with Gasteiger partial charge in [0.05, 0.1) is 6.61 Å². The summed E-state index contributed by atoms with van der Waals surface area (Å²) in [7, 11) is 0. The first-order valence-electron chi connectivity index (χ1n) is 5.86. The number of nitrogens with zero attached hydrogens (tertiary/aromatic N) is 2. The average molecular weight is 253 g/mol. The Balaban J connectivity index is 2.78.